The molecule has 0 radical (unpaired) electrons. The third-order valence-electron chi connectivity index (χ3n) is 1.31. The molecule has 0 heterocycles. The Kier molecular flexibility index (Phi) is 9.48. The van der Waals surface area contributed by atoms with Crippen LogP contribution < -0.4 is 0 Å². The van der Waals surface area contributed by atoms with Gasteiger partial charge in [-0.25, -0.2) is 0 Å². The van der Waals surface area contributed by atoms with E-state index in [0.29, 0.717) is 0 Å². The second-order valence-electron chi connectivity index (χ2n) is 2.36. The smallest absolute Gasteiger partial charge is 0.0466 e. The first-order chi connectivity index (χ1) is 4.91. The monoisotopic (exact) mass is 164 g/mol. The van der Waals surface area contributed by atoms with Gasteiger partial charge in [-0.1, -0.05) is 13.3 Å². The van der Waals surface area contributed by atoms with E-state index in [1.807, 2.05) is 0 Å². The summed E-state index contributed by atoms with van der Waals surface area (Å²) in [5, 5.41) is 0. The minimum atomic E-state index is 0.761. The molecular formula is C8H17ClO. The van der Waals surface area contributed by atoms with Gasteiger partial charge in [-0.3, -0.25) is 0 Å². The van der Waals surface area contributed by atoms with Gasteiger partial charge in [0.1, 0.15) is 0 Å². The van der Waals surface area contributed by atoms with Gasteiger partial charge in [0.05, 0.1) is 0 Å². The lowest BCUT2D eigenvalue weighted by molar-refractivity contribution is 0.128. The van der Waals surface area contributed by atoms with Gasteiger partial charge in [-0.05, 0) is 19.3 Å². The Morgan fingerprint density at radius 1 is 1.10 bits per heavy atom. The third-order valence-corrected chi connectivity index (χ3v) is 1.58. The summed E-state index contributed by atoms with van der Waals surface area (Å²) >= 11 is 5.49. The van der Waals surface area contributed by atoms with Crippen LogP contribution in [-0.4, -0.2) is 19.1 Å². The highest BCUT2D eigenvalue weighted by Crippen LogP contribution is 1.94. The van der Waals surface area contributed by atoms with E-state index in [9.17, 15) is 0 Å². The zero-order chi connectivity index (χ0) is 7.66. The number of rotatable bonds is 7. The molecule has 0 bridgehead atoms. The number of hydrogen-bond acceptors (Lipinski definition) is 1. The molecule has 0 aliphatic carbocycles. The van der Waals surface area contributed by atoms with Crippen molar-refractivity contribution in [2.24, 2.45) is 0 Å². The van der Waals surface area contributed by atoms with Gasteiger partial charge in [0.2, 0.25) is 0 Å². The number of unbranched alkanes of at least 4 members (excludes halogenated alkanes) is 2. The Morgan fingerprint density at radius 2 is 1.80 bits per heavy atom. The third kappa shape index (κ3) is 8.25. The average Bonchev–Trinajstić information content (AvgIpc) is 1.97. The molecule has 0 aromatic rings. The molecule has 0 aliphatic heterocycles. The largest absolute Gasteiger partial charge is 0.381 e. The summed E-state index contributed by atoms with van der Waals surface area (Å²) in [7, 11) is 0. The molecule has 0 aromatic heterocycles. The molecule has 2 heteroatoms. The summed E-state index contributed by atoms with van der Waals surface area (Å²) in [6.45, 7) is 3.97. The van der Waals surface area contributed by atoms with Crippen molar-refractivity contribution >= 4 is 11.6 Å². The van der Waals surface area contributed by atoms with E-state index in [1.165, 1.54) is 12.8 Å². The molecule has 10 heavy (non-hydrogen) atoms. The normalized spacial score (nSPS) is 10.2. The van der Waals surface area contributed by atoms with Crippen molar-refractivity contribution in [3.05, 3.63) is 0 Å². The average molecular weight is 165 g/mol. The molecule has 0 saturated heterocycles. The van der Waals surface area contributed by atoms with Crippen molar-refractivity contribution in [1.29, 1.82) is 0 Å². The van der Waals surface area contributed by atoms with Crippen LogP contribution in [0.1, 0.15) is 32.6 Å². The fourth-order valence-electron chi connectivity index (χ4n) is 0.647. The number of halogens is 1. The van der Waals surface area contributed by atoms with Crippen LogP contribution >= 0.6 is 11.6 Å². The van der Waals surface area contributed by atoms with Crippen molar-refractivity contribution in [3.8, 4) is 0 Å². The van der Waals surface area contributed by atoms with Crippen molar-refractivity contribution in [2.75, 3.05) is 19.1 Å². The predicted molar refractivity (Wildman–Crippen MR) is 45.7 cm³/mol. The SMILES string of the molecule is CCCCOCCCCCl. The van der Waals surface area contributed by atoms with Crippen molar-refractivity contribution in [1.82, 2.24) is 0 Å². The Bertz CT molecular complexity index is 49.2. The second-order valence-corrected chi connectivity index (χ2v) is 2.74. The summed E-state index contributed by atoms with van der Waals surface area (Å²) in [4.78, 5) is 0. The number of hydrogen-bond donors (Lipinski definition) is 0. The minimum Gasteiger partial charge on any atom is -0.381 e. The molecule has 0 spiro atoms. The van der Waals surface area contributed by atoms with Crippen LogP contribution in [0, 0.1) is 0 Å². The molecule has 0 aromatic carbocycles. The maximum Gasteiger partial charge on any atom is 0.0466 e. The Labute approximate surface area is 68.7 Å². The fraction of sp³-hybridized carbons (Fsp3) is 1.00. The van der Waals surface area contributed by atoms with Crippen molar-refractivity contribution in [2.45, 2.75) is 32.6 Å². The van der Waals surface area contributed by atoms with Gasteiger partial charge in [0.25, 0.3) is 0 Å². The van der Waals surface area contributed by atoms with E-state index in [2.05, 4.69) is 6.92 Å². The lowest BCUT2D eigenvalue weighted by Gasteiger charge is -2.00. The van der Waals surface area contributed by atoms with E-state index in [0.717, 1.165) is 31.9 Å². The van der Waals surface area contributed by atoms with Gasteiger partial charge in [-0.2, -0.15) is 0 Å². The molecule has 0 amide bonds. The van der Waals surface area contributed by atoms with Gasteiger partial charge in [0.15, 0.2) is 0 Å². The fourth-order valence-corrected chi connectivity index (χ4v) is 0.836. The Morgan fingerprint density at radius 3 is 2.40 bits per heavy atom. The summed E-state index contributed by atoms with van der Waals surface area (Å²) in [6.07, 6.45) is 4.58. The molecule has 0 N–H and O–H groups in total. The summed E-state index contributed by atoms with van der Waals surface area (Å²) in [6, 6.07) is 0. The highest BCUT2D eigenvalue weighted by Gasteiger charge is 1.87. The summed E-state index contributed by atoms with van der Waals surface area (Å²) < 4.78 is 5.32. The first-order valence-corrected chi connectivity index (χ1v) is 4.59. The quantitative estimate of drug-likeness (QED) is 0.416. The second kappa shape index (κ2) is 9.25. The molecule has 0 rings (SSSR count). The molecule has 0 atom stereocenters. The first-order valence-electron chi connectivity index (χ1n) is 4.05. The van der Waals surface area contributed by atoms with Gasteiger partial charge < -0.3 is 4.74 Å². The molecule has 1 nitrogen and oxygen atoms in total. The van der Waals surface area contributed by atoms with Gasteiger partial charge in [-0.15, -0.1) is 11.6 Å². The molecule has 0 aliphatic rings. The zero-order valence-corrected chi connectivity index (χ0v) is 7.49. The van der Waals surface area contributed by atoms with E-state index in [1.54, 1.807) is 0 Å². The molecule has 0 fully saturated rings. The standard InChI is InChI=1S/C8H17ClO/c1-2-3-7-10-8-5-4-6-9/h2-8H2,1H3. The Hall–Kier alpha value is 0.250. The maximum atomic E-state index is 5.49. The summed E-state index contributed by atoms with van der Waals surface area (Å²) in [5.41, 5.74) is 0. The molecule has 0 saturated carbocycles. The van der Waals surface area contributed by atoms with Crippen molar-refractivity contribution in [3.63, 3.8) is 0 Å². The Balaban J connectivity index is 2.65. The van der Waals surface area contributed by atoms with Crippen LogP contribution in [0.2, 0.25) is 0 Å². The molecule has 0 unspecified atom stereocenters. The van der Waals surface area contributed by atoms with Gasteiger partial charge in [0, 0.05) is 19.1 Å². The molecule has 62 valence electrons. The van der Waals surface area contributed by atoms with E-state index in [-0.39, 0.29) is 0 Å². The van der Waals surface area contributed by atoms with E-state index in [4.69, 9.17) is 16.3 Å². The van der Waals surface area contributed by atoms with Crippen LogP contribution in [0.15, 0.2) is 0 Å². The van der Waals surface area contributed by atoms with Crippen LogP contribution in [0.3, 0.4) is 0 Å². The highest BCUT2D eigenvalue weighted by atomic mass is 35.5. The lowest BCUT2D eigenvalue weighted by atomic mass is 10.3. The first kappa shape index (κ1) is 10.2. The highest BCUT2D eigenvalue weighted by molar-refractivity contribution is 6.17. The topological polar surface area (TPSA) is 9.23 Å². The van der Waals surface area contributed by atoms with Crippen molar-refractivity contribution < 1.29 is 4.74 Å². The summed E-state index contributed by atoms with van der Waals surface area (Å²) in [5.74, 6) is 0.761. The van der Waals surface area contributed by atoms with Crippen LogP contribution in [0.5, 0.6) is 0 Å². The van der Waals surface area contributed by atoms with Crippen LogP contribution in [-0.2, 0) is 4.74 Å². The predicted octanol–water partition coefficient (Wildman–Crippen LogP) is 2.82. The van der Waals surface area contributed by atoms with Gasteiger partial charge >= 0.3 is 0 Å². The number of ether oxygens (including phenoxy) is 1. The number of alkyl halides is 1. The van der Waals surface area contributed by atoms with E-state index < -0.39 is 0 Å². The minimum absolute atomic E-state index is 0.761. The lowest BCUT2D eigenvalue weighted by Crippen LogP contribution is -1.96. The van der Waals surface area contributed by atoms with E-state index >= 15 is 0 Å². The molecular weight excluding hydrogens is 148 g/mol. The zero-order valence-electron chi connectivity index (χ0n) is 6.74. The maximum absolute atomic E-state index is 5.49. The van der Waals surface area contributed by atoms with Crippen LogP contribution in [0.25, 0.3) is 0 Å². The van der Waals surface area contributed by atoms with Crippen LogP contribution in [0.4, 0.5) is 0 Å².